The Morgan fingerprint density at radius 1 is 0.339 bits per heavy atom. The fraction of sp³-hybridized carbons (Fsp3) is 0. The van der Waals surface area contributed by atoms with Crippen molar-refractivity contribution in [3.05, 3.63) is 169 Å². The van der Waals surface area contributed by atoms with Crippen molar-refractivity contribution in [1.82, 2.24) is 9.13 Å². The molecule has 0 aliphatic carbocycles. The summed E-state index contributed by atoms with van der Waals surface area (Å²) in [5.41, 5.74) is 11.6. The van der Waals surface area contributed by atoms with Crippen LogP contribution in [0, 0.1) is 22.7 Å². The standard InChI is InChI=1S/C50H26N4O2/c51-27-29-17-19-31(53-43-13-5-1-9-33(43)39-25-49-41(23-45(39)53)35-11-3-7-15-47(35)55-49)21-37(29)38-22-32(20-18-30(38)28-52)54-44-14-6-2-10-34(44)40-26-50-42(24-46(40)54)36-12-4-8-16-48(36)56-50/h1-26H. The zero-order valence-corrected chi connectivity index (χ0v) is 29.6. The molecule has 0 bridgehead atoms. The molecule has 0 saturated heterocycles. The molecule has 0 unspecified atom stereocenters. The monoisotopic (exact) mass is 714 g/mol. The quantitative estimate of drug-likeness (QED) is 0.182. The number of fused-ring (bicyclic) bond motifs is 12. The van der Waals surface area contributed by atoms with E-state index in [1.165, 1.54) is 0 Å². The molecular weight excluding hydrogens is 689 g/mol. The van der Waals surface area contributed by atoms with Crippen molar-refractivity contribution >= 4 is 87.5 Å². The smallest absolute Gasteiger partial charge is 0.136 e. The van der Waals surface area contributed by atoms with Crippen molar-refractivity contribution in [2.24, 2.45) is 0 Å². The highest BCUT2D eigenvalue weighted by molar-refractivity contribution is 6.18. The summed E-state index contributed by atoms with van der Waals surface area (Å²) in [6.45, 7) is 0. The van der Waals surface area contributed by atoms with Crippen LogP contribution in [0.2, 0.25) is 0 Å². The largest absolute Gasteiger partial charge is 0.456 e. The van der Waals surface area contributed by atoms with Crippen molar-refractivity contribution in [2.75, 3.05) is 0 Å². The van der Waals surface area contributed by atoms with E-state index in [0.29, 0.717) is 22.3 Å². The summed E-state index contributed by atoms with van der Waals surface area (Å²) in [5.74, 6) is 0. The van der Waals surface area contributed by atoms with Crippen LogP contribution in [0.1, 0.15) is 11.1 Å². The summed E-state index contributed by atoms with van der Waals surface area (Å²) in [6.07, 6.45) is 0. The molecule has 6 nitrogen and oxygen atoms in total. The summed E-state index contributed by atoms with van der Waals surface area (Å²) in [7, 11) is 0. The number of furan rings is 2. The molecule has 0 saturated carbocycles. The summed E-state index contributed by atoms with van der Waals surface area (Å²) in [4.78, 5) is 0. The first-order valence-corrected chi connectivity index (χ1v) is 18.5. The molecule has 0 fully saturated rings. The van der Waals surface area contributed by atoms with E-state index in [9.17, 15) is 10.5 Å². The van der Waals surface area contributed by atoms with Gasteiger partial charge in [0.1, 0.15) is 22.3 Å². The minimum Gasteiger partial charge on any atom is -0.456 e. The second kappa shape index (κ2) is 11.2. The molecule has 0 aliphatic heterocycles. The molecule has 0 spiro atoms. The summed E-state index contributed by atoms with van der Waals surface area (Å²) < 4.78 is 17.1. The van der Waals surface area contributed by atoms with Crippen molar-refractivity contribution in [3.63, 3.8) is 0 Å². The number of nitriles is 2. The molecule has 0 aliphatic rings. The second-order valence-electron chi connectivity index (χ2n) is 14.3. The summed E-state index contributed by atoms with van der Waals surface area (Å²) in [6, 6.07) is 58.3. The molecular formula is C50H26N4O2. The maximum Gasteiger partial charge on any atom is 0.136 e. The van der Waals surface area contributed by atoms with Gasteiger partial charge >= 0.3 is 0 Å². The lowest BCUT2D eigenvalue weighted by Crippen LogP contribution is -1.99. The van der Waals surface area contributed by atoms with Crippen LogP contribution in [-0.4, -0.2) is 9.13 Å². The highest BCUT2D eigenvalue weighted by atomic mass is 16.3. The summed E-state index contributed by atoms with van der Waals surface area (Å²) >= 11 is 0. The Labute approximate surface area is 318 Å². The number of hydrogen-bond donors (Lipinski definition) is 0. The Bertz CT molecular complexity index is 3500. The number of hydrogen-bond acceptors (Lipinski definition) is 4. The molecule has 258 valence electrons. The zero-order valence-electron chi connectivity index (χ0n) is 29.6. The van der Waals surface area contributed by atoms with Gasteiger partial charge in [-0.15, -0.1) is 0 Å². The number of para-hydroxylation sites is 4. The Morgan fingerprint density at radius 3 is 1.20 bits per heavy atom. The van der Waals surface area contributed by atoms with Crippen molar-refractivity contribution in [1.29, 1.82) is 10.5 Å². The van der Waals surface area contributed by atoms with E-state index in [1.54, 1.807) is 0 Å². The first kappa shape index (κ1) is 30.4. The van der Waals surface area contributed by atoms with Gasteiger partial charge in [0.05, 0.1) is 45.3 Å². The molecule has 12 aromatic rings. The Hall–Kier alpha value is -8.06. The maximum absolute atomic E-state index is 10.5. The number of aromatic nitrogens is 2. The van der Waals surface area contributed by atoms with Crippen LogP contribution in [0.3, 0.4) is 0 Å². The highest BCUT2D eigenvalue weighted by Crippen LogP contribution is 2.42. The van der Waals surface area contributed by atoms with E-state index in [-0.39, 0.29) is 0 Å². The van der Waals surface area contributed by atoms with Crippen molar-refractivity contribution < 1.29 is 8.83 Å². The molecule has 0 amide bonds. The first-order chi connectivity index (χ1) is 27.7. The third kappa shape index (κ3) is 4.13. The van der Waals surface area contributed by atoms with Gasteiger partial charge in [0.15, 0.2) is 0 Å². The highest BCUT2D eigenvalue weighted by Gasteiger charge is 2.21. The van der Waals surface area contributed by atoms with Gasteiger partial charge in [0, 0.05) is 65.6 Å². The van der Waals surface area contributed by atoms with Gasteiger partial charge < -0.3 is 18.0 Å². The third-order valence-electron chi connectivity index (χ3n) is 11.4. The lowest BCUT2D eigenvalue weighted by Gasteiger charge is -2.15. The average molecular weight is 715 g/mol. The predicted molar refractivity (Wildman–Crippen MR) is 225 cm³/mol. The van der Waals surface area contributed by atoms with E-state index in [0.717, 1.165) is 98.9 Å². The lowest BCUT2D eigenvalue weighted by molar-refractivity contribution is 0.669. The van der Waals surface area contributed by atoms with Crippen LogP contribution in [0.25, 0.3) is 110 Å². The molecule has 8 aromatic carbocycles. The number of rotatable bonds is 3. The van der Waals surface area contributed by atoms with Gasteiger partial charge in [-0.3, -0.25) is 0 Å². The third-order valence-corrected chi connectivity index (χ3v) is 11.4. The second-order valence-corrected chi connectivity index (χ2v) is 14.3. The molecule has 4 heterocycles. The normalized spacial score (nSPS) is 11.9. The van der Waals surface area contributed by atoms with Gasteiger partial charge in [0.2, 0.25) is 0 Å². The van der Waals surface area contributed by atoms with Gasteiger partial charge in [-0.25, -0.2) is 0 Å². The fourth-order valence-corrected chi connectivity index (χ4v) is 8.91. The molecule has 56 heavy (non-hydrogen) atoms. The zero-order chi connectivity index (χ0) is 37.1. The van der Waals surface area contributed by atoms with E-state index >= 15 is 0 Å². The van der Waals surface area contributed by atoms with Crippen molar-refractivity contribution in [2.45, 2.75) is 0 Å². The maximum atomic E-state index is 10.5. The topological polar surface area (TPSA) is 83.7 Å². The van der Waals surface area contributed by atoms with Crippen LogP contribution >= 0.6 is 0 Å². The van der Waals surface area contributed by atoms with Crippen molar-refractivity contribution in [3.8, 4) is 34.6 Å². The lowest BCUT2D eigenvalue weighted by atomic mass is 9.95. The average Bonchev–Trinajstić information content (AvgIpc) is 3.99. The number of benzene rings is 8. The van der Waals surface area contributed by atoms with Gasteiger partial charge in [-0.05, 0) is 84.9 Å². The fourth-order valence-electron chi connectivity index (χ4n) is 8.91. The van der Waals surface area contributed by atoms with Gasteiger partial charge in [-0.2, -0.15) is 10.5 Å². The van der Waals surface area contributed by atoms with E-state index < -0.39 is 0 Å². The SMILES string of the molecule is N#Cc1ccc(-n2c3ccccc3c3cc4oc5ccccc5c4cc32)cc1-c1cc(-n2c3ccccc3c3cc4oc5ccccc5c4cc32)ccc1C#N. The van der Waals surface area contributed by atoms with Crippen LogP contribution in [-0.2, 0) is 0 Å². The first-order valence-electron chi connectivity index (χ1n) is 18.5. The van der Waals surface area contributed by atoms with Crippen LogP contribution < -0.4 is 0 Å². The molecule has 0 N–H and O–H groups in total. The van der Waals surface area contributed by atoms with E-state index in [4.69, 9.17) is 8.83 Å². The van der Waals surface area contributed by atoms with Crippen LogP contribution in [0.4, 0.5) is 0 Å². The van der Waals surface area contributed by atoms with E-state index in [1.807, 2.05) is 72.8 Å². The van der Waals surface area contributed by atoms with Gasteiger partial charge in [0.25, 0.3) is 0 Å². The Balaban J connectivity index is 1.11. The predicted octanol–water partition coefficient (Wildman–Crippen LogP) is 13.1. The Morgan fingerprint density at radius 2 is 0.750 bits per heavy atom. The Kier molecular flexibility index (Phi) is 6.10. The molecule has 0 atom stereocenters. The molecule has 0 radical (unpaired) electrons. The minimum absolute atomic E-state index is 0.486. The molecule has 12 rings (SSSR count). The van der Waals surface area contributed by atoms with Crippen LogP contribution in [0.15, 0.2) is 167 Å². The molecule has 4 aromatic heterocycles. The minimum atomic E-state index is 0.486. The van der Waals surface area contributed by atoms with Crippen LogP contribution in [0.5, 0.6) is 0 Å². The summed E-state index contributed by atoms with van der Waals surface area (Å²) in [5, 5.41) is 29.6. The number of nitrogens with zero attached hydrogens (tertiary/aromatic N) is 4. The van der Waals surface area contributed by atoms with Gasteiger partial charge in [-0.1, -0.05) is 72.8 Å². The molecule has 6 heteroatoms. The van der Waals surface area contributed by atoms with E-state index in [2.05, 4.69) is 106 Å².